The number of nitrogens with zero attached hydrogens (tertiary/aromatic N) is 3. The molecule has 0 aromatic heterocycles. The summed E-state index contributed by atoms with van der Waals surface area (Å²) in [5.74, 6) is -3.63. The van der Waals surface area contributed by atoms with Crippen LogP contribution < -0.4 is 26.6 Å². The summed E-state index contributed by atoms with van der Waals surface area (Å²) in [5, 5.41) is 14.8. The van der Waals surface area contributed by atoms with E-state index >= 15 is 0 Å². The number of hydrogen-bond donors (Lipinski definition) is 5. The molecule has 70 heavy (non-hydrogen) atoms. The molecule has 0 unspecified atom stereocenters. The van der Waals surface area contributed by atoms with Gasteiger partial charge in [0, 0.05) is 33.9 Å². The van der Waals surface area contributed by atoms with Gasteiger partial charge in [-0.2, -0.15) is 0 Å². The van der Waals surface area contributed by atoms with Crippen LogP contribution in [0.4, 0.5) is 22.7 Å². The molecule has 0 saturated carbocycles. The Kier molecular flexibility index (Phi) is 17.0. The van der Waals surface area contributed by atoms with Crippen molar-refractivity contribution in [3.63, 3.8) is 0 Å². The average molecular weight is 1400 g/mol. The fourth-order valence-electron chi connectivity index (χ4n) is 9.40. The molecule has 5 N–H and O–H groups in total. The van der Waals surface area contributed by atoms with E-state index in [9.17, 15) is 38.4 Å². The fraction of sp³-hybridized carbons (Fsp3) is 0.347. The molecule has 4 fully saturated rings. The molecular weight excluding hydrogens is 1350 g/mol. The Morgan fingerprint density at radius 3 is 1.13 bits per heavy atom. The predicted molar refractivity (Wildman–Crippen MR) is 296 cm³/mol. The Hall–Kier alpha value is -4.48. The van der Waals surface area contributed by atoms with Gasteiger partial charge in [0.15, 0.2) is 0 Å². The van der Waals surface area contributed by atoms with Crippen molar-refractivity contribution >= 4 is 160 Å². The number of ether oxygens (including phenoxy) is 1. The standard InChI is InChI=1S/C49H48I4N8O9/c1-70-49(69)33-25-29(53)13-17-37(33)58-45(65)41-9-5-21-61(41)48(68)32-24-28(52)12-16-36(32)57-44(64)40-8-4-20-60(40)47(67)31-23-27(51)11-15-35(31)56-43(63)39-7-3-19-59(39)46(66)30-22-26(50)10-14-34(30)55-42(62)38-6-2-18-54-38/h10-17,22-25,38-41,54H,2-9,18-21H2,1H3,(H,55,62)(H,56,63)(H,57,64)(H,58,65)/t38-,39-,40-,41-/m0/s1. The number of halogens is 4. The molecule has 21 heteroatoms. The average Bonchev–Trinajstić information content (AvgIpc) is 4.21. The molecule has 17 nitrogen and oxygen atoms in total. The van der Waals surface area contributed by atoms with Gasteiger partial charge < -0.3 is 46.0 Å². The second kappa shape index (κ2) is 22.9. The zero-order valence-electron chi connectivity index (χ0n) is 37.8. The van der Waals surface area contributed by atoms with Crippen molar-refractivity contribution in [1.82, 2.24) is 20.0 Å². The molecule has 4 aromatic carbocycles. The van der Waals surface area contributed by atoms with Crippen LogP contribution in [0.1, 0.15) is 92.8 Å². The van der Waals surface area contributed by atoms with Crippen LogP contribution in [-0.2, 0) is 23.9 Å². The molecule has 4 aromatic rings. The maximum absolute atomic E-state index is 14.6. The quantitative estimate of drug-likeness (QED) is 0.0704. The molecule has 0 spiro atoms. The third-order valence-electron chi connectivity index (χ3n) is 12.9. The van der Waals surface area contributed by atoms with Gasteiger partial charge >= 0.3 is 5.97 Å². The highest BCUT2D eigenvalue weighted by Gasteiger charge is 2.40. The van der Waals surface area contributed by atoms with Crippen molar-refractivity contribution in [3.8, 4) is 0 Å². The van der Waals surface area contributed by atoms with Gasteiger partial charge in [0.2, 0.25) is 23.6 Å². The second-order valence-corrected chi connectivity index (χ2v) is 22.3. The zero-order chi connectivity index (χ0) is 49.8. The van der Waals surface area contributed by atoms with Crippen LogP contribution >= 0.6 is 90.4 Å². The number of esters is 1. The number of carbonyl (C=O) groups excluding carboxylic acids is 8. The number of hydrogen-bond acceptors (Lipinski definition) is 10. The molecule has 4 aliphatic heterocycles. The van der Waals surface area contributed by atoms with Crippen molar-refractivity contribution in [3.05, 3.63) is 109 Å². The van der Waals surface area contributed by atoms with Gasteiger partial charge in [-0.05, 0) is 221 Å². The monoisotopic (exact) mass is 1400 g/mol. The van der Waals surface area contributed by atoms with Gasteiger partial charge in [0.25, 0.3) is 17.7 Å². The summed E-state index contributed by atoms with van der Waals surface area (Å²) in [6.45, 7) is 1.60. The van der Waals surface area contributed by atoms with Gasteiger partial charge in [0.1, 0.15) is 18.1 Å². The van der Waals surface area contributed by atoms with Crippen molar-refractivity contribution in [2.45, 2.75) is 75.5 Å². The maximum atomic E-state index is 14.6. The summed E-state index contributed by atoms with van der Waals surface area (Å²) < 4.78 is 7.92. The Bertz CT molecular complexity index is 2790. The molecule has 8 rings (SSSR count). The number of amides is 7. The van der Waals surface area contributed by atoms with Crippen LogP contribution in [0.25, 0.3) is 0 Å². The summed E-state index contributed by atoms with van der Waals surface area (Å²) in [4.78, 5) is 115. The highest BCUT2D eigenvalue weighted by molar-refractivity contribution is 14.1. The first kappa shape index (κ1) is 51.9. The van der Waals surface area contributed by atoms with E-state index in [4.69, 9.17) is 4.74 Å². The zero-order valence-corrected chi connectivity index (χ0v) is 46.4. The molecule has 0 aliphatic carbocycles. The van der Waals surface area contributed by atoms with Crippen LogP contribution in [0.5, 0.6) is 0 Å². The predicted octanol–water partition coefficient (Wildman–Crippen LogP) is 7.31. The van der Waals surface area contributed by atoms with Crippen LogP contribution in [-0.4, -0.2) is 119 Å². The Morgan fingerprint density at radius 2 is 0.800 bits per heavy atom. The summed E-state index contributed by atoms with van der Waals surface area (Å²) >= 11 is 8.33. The van der Waals surface area contributed by atoms with E-state index in [0.29, 0.717) is 57.2 Å². The van der Waals surface area contributed by atoms with E-state index in [0.717, 1.165) is 27.2 Å². The lowest BCUT2D eigenvalue weighted by molar-refractivity contribution is -0.120. The normalized spacial score (nSPS) is 19.7. The van der Waals surface area contributed by atoms with Crippen molar-refractivity contribution < 1.29 is 43.1 Å². The van der Waals surface area contributed by atoms with Gasteiger partial charge in [-0.15, -0.1) is 0 Å². The number of likely N-dealkylation sites (tertiary alicyclic amines) is 3. The minimum absolute atomic E-state index is 0.173. The highest BCUT2D eigenvalue weighted by Crippen LogP contribution is 2.32. The van der Waals surface area contributed by atoms with Crippen LogP contribution in [0, 0.1) is 14.3 Å². The molecular formula is C49H48I4N8O9. The minimum atomic E-state index is -0.921. The van der Waals surface area contributed by atoms with Gasteiger partial charge in [-0.3, -0.25) is 33.6 Å². The number of nitrogens with one attached hydrogen (secondary N) is 5. The number of benzene rings is 4. The maximum Gasteiger partial charge on any atom is 0.340 e. The van der Waals surface area contributed by atoms with Crippen LogP contribution in [0.15, 0.2) is 72.8 Å². The smallest absolute Gasteiger partial charge is 0.340 e. The lowest BCUT2D eigenvalue weighted by Crippen LogP contribution is -2.45. The van der Waals surface area contributed by atoms with E-state index in [1.54, 1.807) is 72.8 Å². The number of methoxy groups -OCH3 is 1. The van der Waals surface area contributed by atoms with Crippen molar-refractivity contribution in [2.75, 3.05) is 54.6 Å². The molecule has 4 aliphatic rings. The first-order valence-corrected chi connectivity index (χ1v) is 27.1. The Labute approximate surface area is 458 Å². The SMILES string of the molecule is COC(=O)c1cc(I)ccc1NC(=O)[C@@H]1CCCN1C(=O)c1cc(I)ccc1NC(=O)[C@@H]1CCCN1C(=O)c1cc(I)ccc1NC(=O)[C@@H]1CCCN1C(=O)c1cc(I)ccc1NC(=O)[C@@H]1CCCN1. The largest absolute Gasteiger partial charge is 0.465 e. The third-order valence-corrected chi connectivity index (χ3v) is 15.6. The molecule has 366 valence electrons. The molecule has 4 atom stereocenters. The molecule has 7 amide bonds. The Morgan fingerprint density at radius 1 is 0.471 bits per heavy atom. The van der Waals surface area contributed by atoms with Crippen molar-refractivity contribution in [2.24, 2.45) is 0 Å². The molecule has 4 heterocycles. The molecule has 0 radical (unpaired) electrons. The van der Waals surface area contributed by atoms with Gasteiger partial charge in [0.05, 0.1) is 58.2 Å². The fourth-order valence-corrected chi connectivity index (χ4v) is 11.4. The van der Waals surface area contributed by atoms with E-state index in [1.807, 2.05) is 0 Å². The summed E-state index contributed by atoms with van der Waals surface area (Å²) in [7, 11) is 1.26. The number of anilines is 4. The van der Waals surface area contributed by atoms with Crippen LogP contribution in [0.2, 0.25) is 0 Å². The summed E-state index contributed by atoms with van der Waals surface area (Å²) in [5.41, 5.74) is 1.88. The van der Waals surface area contributed by atoms with Crippen LogP contribution in [0.3, 0.4) is 0 Å². The number of rotatable bonds is 12. The Balaban J connectivity index is 0.962. The topological polar surface area (TPSA) is 216 Å². The van der Waals surface area contributed by atoms with Gasteiger partial charge in [-0.1, -0.05) is 0 Å². The summed E-state index contributed by atoms with van der Waals surface area (Å²) in [6.07, 6.45) is 4.33. The van der Waals surface area contributed by atoms with Gasteiger partial charge in [-0.25, -0.2) is 4.79 Å². The molecule has 4 saturated heterocycles. The molecule has 0 bridgehead atoms. The number of carbonyl (C=O) groups is 8. The van der Waals surface area contributed by atoms with E-state index in [-0.39, 0.29) is 64.4 Å². The summed E-state index contributed by atoms with van der Waals surface area (Å²) in [6, 6.07) is 17.2. The lowest BCUT2D eigenvalue weighted by atomic mass is 10.1. The first-order valence-electron chi connectivity index (χ1n) is 22.8. The second-order valence-electron chi connectivity index (χ2n) is 17.3. The first-order chi connectivity index (χ1) is 33.6. The lowest BCUT2D eigenvalue weighted by Gasteiger charge is -2.28. The minimum Gasteiger partial charge on any atom is -0.465 e. The van der Waals surface area contributed by atoms with E-state index in [1.165, 1.54) is 21.8 Å². The van der Waals surface area contributed by atoms with E-state index in [2.05, 4.69) is 117 Å². The third kappa shape index (κ3) is 11.6. The van der Waals surface area contributed by atoms with E-state index < -0.39 is 59.5 Å². The highest BCUT2D eigenvalue weighted by atomic mass is 127. The van der Waals surface area contributed by atoms with Crippen molar-refractivity contribution in [1.29, 1.82) is 0 Å².